The van der Waals surface area contributed by atoms with Crippen LogP contribution >= 0.6 is 0 Å². The first-order valence-electron chi connectivity index (χ1n) is 43.2. The van der Waals surface area contributed by atoms with Gasteiger partial charge in [-0.05, 0) is 93.1 Å². The molecule has 7 aromatic rings. The highest BCUT2D eigenvalue weighted by Crippen LogP contribution is 2.46. The summed E-state index contributed by atoms with van der Waals surface area (Å²) < 4.78 is 58.2. The molecule has 0 aliphatic carbocycles. The smallest absolute Gasteiger partial charge is 0.248 e. The van der Waals surface area contributed by atoms with Crippen molar-refractivity contribution >= 4 is 0 Å². The molecule has 0 saturated heterocycles. The number of nitrogens with zero attached hydrogens (tertiary/aromatic N) is 6. The molecule has 4 aromatic carbocycles. The van der Waals surface area contributed by atoms with Gasteiger partial charge in [-0.1, -0.05) is 311 Å². The van der Waals surface area contributed by atoms with Crippen LogP contribution < -0.4 is 28.4 Å². The summed E-state index contributed by atoms with van der Waals surface area (Å²) >= 11 is 0. The van der Waals surface area contributed by atoms with Crippen molar-refractivity contribution in [2.75, 3.05) is 39.6 Å². The number of phenols is 3. The molecular formula is C90H138N6O12. The number of hydrogen-bond donors (Lipinski definition) is 3. The van der Waals surface area contributed by atoms with Crippen LogP contribution in [-0.2, 0) is 0 Å². The first-order valence-corrected chi connectivity index (χ1v) is 43.2. The average Bonchev–Trinajstić information content (AvgIpc) is 1.60. The van der Waals surface area contributed by atoms with Crippen LogP contribution in [0.15, 0.2) is 67.8 Å². The van der Waals surface area contributed by atoms with Gasteiger partial charge in [0.2, 0.25) is 52.6 Å². The van der Waals surface area contributed by atoms with Gasteiger partial charge in [-0.25, -0.2) is 0 Å². The molecule has 0 spiro atoms. The van der Waals surface area contributed by atoms with Crippen LogP contribution in [0.2, 0.25) is 0 Å². The van der Waals surface area contributed by atoms with Gasteiger partial charge in [-0.15, -0.1) is 30.6 Å². The average molecular weight is 1500 g/mol. The maximum absolute atomic E-state index is 11.8. The summed E-state index contributed by atoms with van der Waals surface area (Å²) in [6.07, 6.45) is 55.6. The molecule has 0 fully saturated rings. The second-order valence-corrected chi connectivity index (χ2v) is 29.9. The number of rotatable bonds is 66. The van der Waals surface area contributed by atoms with E-state index in [0.717, 1.165) is 116 Å². The van der Waals surface area contributed by atoms with E-state index in [-0.39, 0.29) is 52.6 Å². The quantitative estimate of drug-likeness (QED) is 0.0301. The van der Waals surface area contributed by atoms with Crippen molar-refractivity contribution in [3.63, 3.8) is 0 Å². The predicted octanol–water partition coefficient (Wildman–Crippen LogP) is 27.1. The number of benzene rings is 4. The van der Waals surface area contributed by atoms with Gasteiger partial charge in [0, 0.05) is 33.4 Å². The maximum atomic E-state index is 11.8. The standard InChI is InChI=1S/C90H138N6O12/c1-7-13-19-25-31-37-43-49-55-100-79-67-73(64-76(97)82(79)103-58-52-46-40-34-28-22-16-10-4)88-94-91-85(106-88)70-61-71(86-92-95-89(107-86)74-65-77(98)83(104-59-53-47-41-35-29-23-17-11-5)80(68-74)101-56-50-44-38-32-26-20-14-8-2)63-72(62-70)87-93-96-90(108-87)75-66-78(99)84(105-60-54-48-42-36-30-24-18-12-6)81(69-75)102-57-51-45-39-33-27-21-15-9-3/h61-69,97-99H,7-60H2,1-6H3. The Bertz CT molecular complexity index is 3120. The minimum Gasteiger partial charge on any atom is -0.504 e. The Balaban J connectivity index is 1.21. The molecule has 18 heteroatoms. The van der Waals surface area contributed by atoms with E-state index >= 15 is 0 Å². The summed E-state index contributed by atoms with van der Waals surface area (Å²) in [6, 6.07) is 15.5. The summed E-state index contributed by atoms with van der Waals surface area (Å²) in [7, 11) is 0. The fourth-order valence-electron chi connectivity index (χ4n) is 13.7. The van der Waals surface area contributed by atoms with Gasteiger partial charge >= 0.3 is 0 Å². The lowest BCUT2D eigenvalue weighted by molar-refractivity contribution is 0.249. The molecule has 0 aliphatic rings. The number of aromatic nitrogens is 6. The molecule has 18 nitrogen and oxygen atoms in total. The molecule has 0 unspecified atom stereocenters. The lowest BCUT2D eigenvalue weighted by atomic mass is 10.1. The molecule has 108 heavy (non-hydrogen) atoms. The van der Waals surface area contributed by atoms with Crippen molar-refractivity contribution in [1.82, 2.24) is 30.6 Å². The van der Waals surface area contributed by atoms with Gasteiger partial charge in [0.25, 0.3) is 0 Å². The molecule has 0 radical (unpaired) electrons. The Morgan fingerprint density at radius 3 is 0.546 bits per heavy atom. The highest BCUT2D eigenvalue weighted by atomic mass is 16.5. The highest BCUT2D eigenvalue weighted by Gasteiger charge is 2.25. The van der Waals surface area contributed by atoms with Crippen molar-refractivity contribution in [3.05, 3.63) is 54.6 Å². The minimum atomic E-state index is -0.0886. The van der Waals surface area contributed by atoms with E-state index in [1.807, 2.05) is 0 Å². The second kappa shape index (κ2) is 54.2. The van der Waals surface area contributed by atoms with Crippen molar-refractivity contribution in [2.24, 2.45) is 0 Å². The Morgan fingerprint density at radius 2 is 0.361 bits per heavy atom. The summed E-state index contributed by atoms with van der Waals surface area (Å²) in [5, 5.41) is 62.8. The molecule has 7 rings (SSSR count). The molecule has 0 aliphatic heterocycles. The van der Waals surface area contributed by atoms with Gasteiger partial charge in [0.1, 0.15) is 0 Å². The van der Waals surface area contributed by atoms with Crippen LogP contribution in [0.4, 0.5) is 0 Å². The van der Waals surface area contributed by atoms with Gasteiger partial charge in [0.15, 0.2) is 34.5 Å². The zero-order valence-corrected chi connectivity index (χ0v) is 67.6. The van der Waals surface area contributed by atoms with Gasteiger partial charge in [-0.3, -0.25) is 0 Å². The zero-order valence-electron chi connectivity index (χ0n) is 67.6. The molecule has 3 heterocycles. The van der Waals surface area contributed by atoms with Gasteiger partial charge in [-0.2, -0.15) is 0 Å². The van der Waals surface area contributed by atoms with Crippen LogP contribution in [0.3, 0.4) is 0 Å². The van der Waals surface area contributed by atoms with Crippen molar-refractivity contribution in [1.29, 1.82) is 0 Å². The Labute approximate surface area is 648 Å². The number of aromatic hydroxyl groups is 3. The van der Waals surface area contributed by atoms with E-state index in [4.69, 9.17) is 41.7 Å². The fourth-order valence-corrected chi connectivity index (χ4v) is 13.7. The first-order chi connectivity index (χ1) is 53.2. The van der Waals surface area contributed by atoms with Gasteiger partial charge in [0.05, 0.1) is 39.6 Å². The lowest BCUT2D eigenvalue weighted by Gasteiger charge is -2.15. The minimum absolute atomic E-state index is 0.0886. The maximum Gasteiger partial charge on any atom is 0.248 e. The molecule has 600 valence electrons. The molecule has 0 saturated carbocycles. The molecular weight excluding hydrogens is 1360 g/mol. The van der Waals surface area contributed by atoms with Crippen molar-refractivity contribution < 1.29 is 57.0 Å². The van der Waals surface area contributed by atoms with E-state index in [9.17, 15) is 15.3 Å². The van der Waals surface area contributed by atoms with Crippen LogP contribution in [-0.4, -0.2) is 85.6 Å². The largest absolute Gasteiger partial charge is 0.504 e. The van der Waals surface area contributed by atoms with Crippen molar-refractivity contribution in [2.45, 2.75) is 350 Å². The molecule has 0 atom stereocenters. The van der Waals surface area contributed by atoms with E-state index in [0.29, 0.717) is 108 Å². The molecule has 0 amide bonds. The number of phenolic OH excluding ortho intramolecular Hbond substituents is 3. The van der Waals surface area contributed by atoms with Crippen LogP contribution in [0.1, 0.15) is 350 Å². The normalized spacial score (nSPS) is 11.5. The topological polar surface area (TPSA) is 233 Å². The Kier molecular flexibility index (Phi) is 44.0. The summed E-state index contributed by atoms with van der Waals surface area (Å²) in [5.74, 6) is 2.62. The Morgan fingerprint density at radius 1 is 0.204 bits per heavy atom. The van der Waals surface area contributed by atoms with E-state index in [1.165, 1.54) is 193 Å². The van der Waals surface area contributed by atoms with E-state index < -0.39 is 0 Å². The fraction of sp³-hybridized carbons (Fsp3) is 0.667. The Hall–Kier alpha value is -7.50. The van der Waals surface area contributed by atoms with E-state index in [2.05, 4.69) is 72.1 Å². The summed E-state index contributed by atoms with van der Waals surface area (Å²) in [4.78, 5) is 0. The third-order valence-electron chi connectivity index (χ3n) is 20.3. The number of unbranched alkanes of at least 4 members (excludes halogenated alkanes) is 42. The monoisotopic (exact) mass is 1500 g/mol. The van der Waals surface area contributed by atoms with Crippen molar-refractivity contribution in [3.8, 4) is 120 Å². The predicted molar refractivity (Wildman–Crippen MR) is 436 cm³/mol. The van der Waals surface area contributed by atoms with Crippen LogP contribution in [0, 0.1) is 0 Å². The highest BCUT2D eigenvalue weighted by molar-refractivity contribution is 5.76. The third kappa shape index (κ3) is 32.6. The summed E-state index contributed by atoms with van der Waals surface area (Å²) in [6.45, 7) is 16.1. The molecule has 0 bridgehead atoms. The van der Waals surface area contributed by atoms with E-state index in [1.54, 1.807) is 54.6 Å². The summed E-state index contributed by atoms with van der Waals surface area (Å²) in [5.41, 5.74) is 2.67. The first kappa shape index (κ1) is 87.7. The lowest BCUT2D eigenvalue weighted by Crippen LogP contribution is -2.03. The van der Waals surface area contributed by atoms with Gasteiger partial charge < -0.3 is 57.0 Å². The van der Waals surface area contributed by atoms with Crippen LogP contribution in [0.25, 0.3) is 68.7 Å². The zero-order chi connectivity index (χ0) is 76.3. The number of ether oxygens (including phenoxy) is 6. The third-order valence-corrected chi connectivity index (χ3v) is 20.3. The number of hydrogen-bond acceptors (Lipinski definition) is 18. The second-order valence-electron chi connectivity index (χ2n) is 29.9. The van der Waals surface area contributed by atoms with Crippen LogP contribution in [0.5, 0.6) is 51.7 Å². The molecule has 3 N–H and O–H groups in total. The SMILES string of the molecule is CCCCCCCCCCOc1cc(-c2nnc(-c3cc(-c4nnc(-c5cc(O)c(OCCCCCCCCCC)c(OCCCCCCCCCC)c5)o4)cc(-c4nnc(-c5cc(O)c(OCCCCCCCCCC)c(OCCCCCCCCCC)c5)o4)c3)o2)cc(O)c1OCCCCCCCCCC. The molecule has 3 aromatic heterocycles.